The second-order valence-corrected chi connectivity index (χ2v) is 8.57. The van der Waals surface area contributed by atoms with Crippen LogP contribution < -0.4 is 15.9 Å². The summed E-state index contributed by atoms with van der Waals surface area (Å²) in [5.41, 5.74) is 3.89. The molecule has 1 N–H and O–H groups in total. The Balaban J connectivity index is 0.000000866. The van der Waals surface area contributed by atoms with Gasteiger partial charge in [0.2, 0.25) is 0 Å². The van der Waals surface area contributed by atoms with Crippen molar-refractivity contribution in [1.29, 1.82) is 5.26 Å². The monoisotopic (exact) mass is 495 g/mol. The van der Waals surface area contributed by atoms with Gasteiger partial charge in [0.25, 0.3) is 6.47 Å². The third-order valence-electron chi connectivity index (χ3n) is 4.96. The van der Waals surface area contributed by atoms with Gasteiger partial charge in [-0.3, -0.25) is 4.79 Å². The molecule has 0 radical (unpaired) electrons. The van der Waals surface area contributed by atoms with Crippen LogP contribution in [0.5, 0.6) is 0 Å². The molecule has 0 fully saturated rings. The summed E-state index contributed by atoms with van der Waals surface area (Å²) < 4.78 is 12.1. The summed E-state index contributed by atoms with van der Waals surface area (Å²) in [5.74, 6) is 0.832. The van der Waals surface area contributed by atoms with Gasteiger partial charge in [-0.15, -0.1) is 0 Å². The average molecular weight is 496 g/mol. The molecular formula is C30H45N3O3. The van der Waals surface area contributed by atoms with Crippen molar-refractivity contribution in [2.45, 2.75) is 68.4 Å². The molecule has 0 aliphatic heterocycles. The molecule has 1 aliphatic rings. The van der Waals surface area contributed by atoms with Gasteiger partial charge in [0.05, 0.1) is 30.3 Å². The highest BCUT2D eigenvalue weighted by Gasteiger charge is 2.17. The minimum Gasteiger partial charge on any atom is -0.497 e. The summed E-state index contributed by atoms with van der Waals surface area (Å²) in [6.07, 6.45) is 6.92. The predicted molar refractivity (Wildman–Crippen MR) is 152 cm³/mol. The van der Waals surface area contributed by atoms with Gasteiger partial charge in [0.1, 0.15) is 11.8 Å². The lowest BCUT2D eigenvalue weighted by atomic mass is 9.99. The Labute approximate surface area is 217 Å². The Bertz CT molecular complexity index is 1110. The molecule has 1 heterocycles. The topological polar surface area (TPSA) is 76.3 Å². The van der Waals surface area contributed by atoms with Gasteiger partial charge in [-0.05, 0) is 42.5 Å². The SMILES string of the molecule is CC.CC.CC(C)(C)COC=O.CCn1c(-c2ccc(NC)cc2)c(C#N)c2c1=CC(OC)=CCC=2. The Morgan fingerprint density at radius 2 is 1.72 bits per heavy atom. The maximum atomic E-state index is 9.80. The minimum atomic E-state index is 0.0981. The van der Waals surface area contributed by atoms with Crippen LogP contribution in [0.3, 0.4) is 0 Å². The fourth-order valence-electron chi connectivity index (χ4n) is 3.47. The van der Waals surface area contributed by atoms with E-state index in [4.69, 9.17) is 4.74 Å². The van der Waals surface area contributed by atoms with E-state index in [2.05, 4.69) is 45.8 Å². The van der Waals surface area contributed by atoms with E-state index in [-0.39, 0.29) is 5.41 Å². The van der Waals surface area contributed by atoms with E-state index in [0.29, 0.717) is 13.1 Å². The first-order valence-electron chi connectivity index (χ1n) is 12.7. The number of anilines is 1. The molecule has 1 aromatic heterocycles. The normalized spacial score (nSPS) is 11.3. The molecule has 0 saturated heterocycles. The predicted octanol–water partition coefficient (Wildman–Crippen LogP) is 5.84. The summed E-state index contributed by atoms with van der Waals surface area (Å²) in [6.45, 7) is 17.9. The van der Waals surface area contributed by atoms with Crippen molar-refractivity contribution < 1.29 is 14.3 Å². The Morgan fingerprint density at radius 1 is 1.11 bits per heavy atom. The standard InChI is InChI=1S/C20H21N3O.C6H12O2.2C2H6/c1-4-23-19-12-16(24-3)6-5-7-17(19)18(13-21)20(23)14-8-10-15(22-2)11-9-14;1-6(2,3)4-8-5-7;2*1-2/h6-12,22H,4-5H2,1-3H3;5H,4H2,1-3H3;2*1-2H3. The molecule has 0 spiro atoms. The van der Waals surface area contributed by atoms with Crippen molar-refractivity contribution in [3.05, 3.63) is 52.2 Å². The lowest BCUT2D eigenvalue weighted by Crippen LogP contribution is -2.29. The molecule has 2 aromatic rings. The molecular weight excluding hydrogens is 450 g/mol. The van der Waals surface area contributed by atoms with E-state index in [9.17, 15) is 10.1 Å². The Kier molecular flexibility index (Phi) is 15.4. The van der Waals surface area contributed by atoms with E-state index >= 15 is 0 Å². The number of nitrogens with one attached hydrogen (secondary N) is 1. The fraction of sp³-hybridized carbons (Fsp3) is 0.467. The van der Waals surface area contributed by atoms with Crippen molar-refractivity contribution in [1.82, 2.24) is 4.57 Å². The second kappa shape index (κ2) is 17.0. The zero-order valence-electron chi connectivity index (χ0n) is 23.9. The van der Waals surface area contributed by atoms with Crippen molar-refractivity contribution >= 4 is 24.3 Å². The lowest BCUT2D eigenvalue weighted by molar-refractivity contribution is -0.131. The van der Waals surface area contributed by atoms with Crippen LogP contribution >= 0.6 is 0 Å². The number of ether oxygens (including phenoxy) is 2. The molecule has 1 aromatic carbocycles. The number of benzene rings is 1. The summed E-state index contributed by atoms with van der Waals surface area (Å²) in [5, 5.41) is 15.0. The first-order valence-corrected chi connectivity index (χ1v) is 12.7. The highest BCUT2D eigenvalue weighted by Crippen LogP contribution is 2.23. The first-order chi connectivity index (χ1) is 17.3. The van der Waals surface area contributed by atoms with Gasteiger partial charge < -0.3 is 19.4 Å². The van der Waals surface area contributed by atoms with E-state index in [1.807, 2.05) is 79.8 Å². The molecule has 1 aliphatic carbocycles. The van der Waals surface area contributed by atoms with Crippen LogP contribution in [0.4, 0.5) is 5.69 Å². The third-order valence-corrected chi connectivity index (χ3v) is 4.96. The molecule has 0 saturated carbocycles. The van der Waals surface area contributed by atoms with Crippen molar-refractivity contribution in [2.24, 2.45) is 5.41 Å². The van der Waals surface area contributed by atoms with E-state index in [1.165, 1.54) is 0 Å². The Morgan fingerprint density at radius 3 is 2.14 bits per heavy atom. The van der Waals surface area contributed by atoms with Crippen LogP contribution in [0, 0.1) is 16.7 Å². The van der Waals surface area contributed by atoms with Crippen LogP contribution in [0.15, 0.2) is 36.1 Å². The van der Waals surface area contributed by atoms with Gasteiger partial charge in [0.15, 0.2) is 0 Å². The number of rotatable bonds is 6. The zero-order chi connectivity index (χ0) is 27.7. The summed E-state index contributed by atoms with van der Waals surface area (Å²) in [7, 11) is 3.57. The second-order valence-electron chi connectivity index (χ2n) is 8.57. The highest BCUT2D eigenvalue weighted by atomic mass is 16.5. The molecule has 198 valence electrons. The van der Waals surface area contributed by atoms with Crippen LogP contribution in [0.25, 0.3) is 23.4 Å². The van der Waals surface area contributed by atoms with Gasteiger partial charge in [-0.2, -0.15) is 5.26 Å². The number of nitriles is 1. The van der Waals surface area contributed by atoms with Crippen molar-refractivity contribution in [2.75, 3.05) is 26.1 Å². The molecule has 0 atom stereocenters. The number of hydrogen-bond acceptors (Lipinski definition) is 5. The smallest absolute Gasteiger partial charge is 0.293 e. The van der Waals surface area contributed by atoms with Crippen LogP contribution in [-0.4, -0.2) is 31.8 Å². The number of nitrogens with zero attached hydrogens (tertiary/aromatic N) is 2. The van der Waals surface area contributed by atoms with Crippen LogP contribution in [0.1, 0.15) is 67.4 Å². The summed E-state index contributed by atoms with van der Waals surface area (Å²) >= 11 is 0. The Hall–Kier alpha value is -3.46. The van der Waals surface area contributed by atoms with E-state index in [0.717, 1.165) is 51.8 Å². The first kappa shape index (κ1) is 32.5. The van der Waals surface area contributed by atoms with Gasteiger partial charge in [0, 0.05) is 30.6 Å². The zero-order valence-corrected chi connectivity index (χ0v) is 23.9. The molecule has 0 bridgehead atoms. The van der Waals surface area contributed by atoms with Crippen molar-refractivity contribution in [3.63, 3.8) is 0 Å². The van der Waals surface area contributed by atoms with Crippen molar-refractivity contribution in [3.8, 4) is 17.3 Å². The quantitative estimate of drug-likeness (QED) is 0.510. The summed E-state index contributed by atoms with van der Waals surface area (Å²) in [6, 6.07) is 10.6. The largest absolute Gasteiger partial charge is 0.497 e. The maximum Gasteiger partial charge on any atom is 0.293 e. The molecule has 36 heavy (non-hydrogen) atoms. The fourth-order valence-corrected chi connectivity index (χ4v) is 3.47. The lowest BCUT2D eigenvalue weighted by Gasteiger charge is -2.14. The molecule has 3 rings (SSSR count). The van der Waals surface area contributed by atoms with Gasteiger partial charge in [-0.1, -0.05) is 66.7 Å². The summed E-state index contributed by atoms with van der Waals surface area (Å²) in [4.78, 5) is 9.63. The molecule has 6 heteroatoms. The minimum absolute atomic E-state index is 0.0981. The number of allylic oxidation sites excluding steroid dienone is 2. The number of aromatic nitrogens is 1. The van der Waals surface area contributed by atoms with Gasteiger partial charge >= 0.3 is 0 Å². The van der Waals surface area contributed by atoms with E-state index in [1.54, 1.807) is 7.11 Å². The average Bonchev–Trinajstić information content (AvgIpc) is 3.04. The van der Waals surface area contributed by atoms with Crippen LogP contribution in [0.2, 0.25) is 0 Å². The highest BCUT2D eigenvalue weighted by molar-refractivity contribution is 5.72. The molecule has 0 amide bonds. The number of methoxy groups -OCH3 is 1. The van der Waals surface area contributed by atoms with Gasteiger partial charge in [-0.25, -0.2) is 0 Å². The molecule has 0 unspecified atom stereocenters. The number of carbonyl (C=O) groups excluding carboxylic acids is 1. The molecule has 6 nitrogen and oxygen atoms in total. The maximum absolute atomic E-state index is 9.80. The van der Waals surface area contributed by atoms with Crippen LogP contribution in [-0.2, 0) is 20.8 Å². The van der Waals surface area contributed by atoms with E-state index < -0.39 is 0 Å². The third kappa shape index (κ3) is 9.30. The number of hydrogen-bond donors (Lipinski definition) is 1. The number of fused-ring (bicyclic) bond motifs is 1. The number of carbonyl (C=O) groups is 1.